The molecule has 25 heavy (non-hydrogen) atoms. The molecule has 2 aromatic carbocycles. The van der Waals surface area contributed by atoms with Gasteiger partial charge in [-0.25, -0.2) is 4.79 Å². The molecule has 2 heterocycles. The Labute approximate surface area is 143 Å². The monoisotopic (exact) mass is 333 g/mol. The molecule has 4 aromatic rings. The van der Waals surface area contributed by atoms with Crippen LogP contribution >= 0.6 is 0 Å². The summed E-state index contributed by atoms with van der Waals surface area (Å²) in [6.07, 6.45) is 0. The third-order valence-corrected chi connectivity index (χ3v) is 3.87. The summed E-state index contributed by atoms with van der Waals surface area (Å²) in [4.78, 5) is 12.0. The van der Waals surface area contributed by atoms with E-state index in [1.165, 1.54) is 0 Å². The van der Waals surface area contributed by atoms with Crippen molar-refractivity contribution in [3.8, 4) is 11.5 Å². The number of esters is 1. The molecular formula is C20H15NO4. The standard InChI is InChI=1S/C20H15NO4/c1-13-6-8-14(9-7-13)20(22)23-12-16-11-19(25-21-16)18-10-15-4-2-3-5-17(15)24-18/h2-11H,12H2,1H3. The SMILES string of the molecule is Cc1ccc(C(=O)OCc2cc(-c3cc4ccccc4o3)on2)cc1. The molecule has 0 saturated heterocycles. The highest BCUT2D eigenvalue weighted by atomic mass is 16.5. The zero-order valence-corrected chi connectivity index (χ0v) is 13.6. The first-order valence-corrected chi connectivity index (χ1v) is 7.87. The van der Waals surface area contributed by atoms with Crippen molar-refractivity contribution in [3.63, 3.8) is 0 Å². The van der Waals surface area contributed by atoms with Gasteiger partial charge in [-0.3, -0.25) is 0 Å². The van der Waals surface area contributed by atoms with Crippen molar-refractivity contribution in [1.29, 1.82) is 0 Å². The number of aromatic nitrogens is 1. The fraction of sp³-hybridized carbons (Fsp3) is 0.100. The second-order valence-electron chi connectivity index (χ2n) is 5.77. The lowest BCUT2D eigenvalue weighted by Gasteiger charge is -2.02. The lowest BCUT2D eigenvalue weighted by atomic mass is 10.1. The van der Waals surface area contributed by atoms with Crippen molar-refractivity contribution >= 4 is 16.9 Å². The van der Waals surface area contributed by atoms with Crippen molar-refractivity contribution < 1.29 is 18.5 Å². The molecule has 5 heteroatoms. The molecule has 0 atom stereocenters. The molecule has 0 fully saturated rings. The van der Waals surface area contributed by atoms with Crippen LogP contribution in [-0.4, -0.2) is 11.1 Å². The van der Waals surface area contributed by atoms with Crippen molar-refractivity contribution in [2.75, 3.05) is 0 Å². The minimum absolute atomic E-state index is 0.0381. The van der Waals surface area contributed by atoms with Crippen molar-refractivity contribution in [2.24, 2.45) is 0 Å². The summed E-state index contributed by atoms with van der Waals surface area (Å²) in [5, 5.41) is 4.92. The molecule has 0 amide bonds. The van der Waals surface area contributed by atoms with Gasteiger partial charge in [0.05, 0.1) is 5.56 Å². The minimum atomic E-state index is -0.395. The Hall–Kier alpha value is -3.34. The average molecular weight is 333 g/mol. The number of para-hydroxylation sites is 1. The second kappa shape index (κ2) is 6.28. The van der Waals surface area contributed by atoms with Gasteiger partial charge in [-0.1, -0.05) is 41.1 Å². The number of hydrogen-bond donors (Lipinski definition) is 0. The summed E-state index contributed by atoms with van der Waals surface area (Å²) in [6.45, 7) is 2.00. The quantitative estimate of drug-likeness (QED) is 0.504. The maximum absolute atomic E-state index is 12.0. The third-order valence-electron chi connectivity index (χ3n) is 3.87. The molecule has 4 rings (SSSR count). The van der Waals surface area contributed by atoms with Crippen LogP contribution in [-0.2, 0) is 11.3 Å². The van der Waals surface area contributed by atoms with Crippen molar-refractivity contribution in [3.05, 3.63) is 77.5 Å². The molecule has 0 aliphatic heterocycles. The first kappa shape index (κ1) is 15.2. The Morgan fingerprint density at radius 2 is 1.84 bits per heavy atom. The number of fused-ring (bicyclic) bond motifs is 1. The Kier molecular flexibility index (Phi) is 3.82. The zero-order valence-electron chi connectivity index (χ0n) is 13.6. The van der Waals surface area contributed by atoms with E-state index in [9.17, 15) is 4.79 Å². The minimum Gasteiger partial charge on any atom is -0.455 e. The second-order valence-corrected chi connectivity index (χ2v) is 5.77. The lowest BCUT2D eigenvalue weighted by Crippen LogP contribution is -2.05. The van der Waals surface area contributed by atoms with Crippen LogP contribution in [0.5, 0.6) is 0 Å². The molecular weight excluding hydrogens is 318 g/mol. The van der Waals surface area contributed by atoms with Gasteiger partial charge in [0.2, 0.25) is 5.76 Å². The number of benzene rings is 2. The largest absolute Gasteiger partial charge is 0.455 e. The summed E-state index contributed by atoms with van der Waals surface area (Å²) in [5.74, 6) is 0.690. The molecule has 124 valence electrons. The fourth-order valence-electron chi connectivity index (χ4n) is 2.51. The van der Waals surface area contributed by atoms with E-state index in [0.717, 1.165) is 16.5 Å². The Morgan fingerprint density at radius 1 is 1.04 bits per heavy atom. The van der Waals surface area contributed by atoms with Gasteiger partial charge in [-0.15, -0.1) is 0 Å². The lowest BCUT2D eigenvalue weighted by molar-refractivity contribution is 0.0464. The zero-order chi connectivity index (χ0) is 17.2. The number of carbonyl (C=O) groups excluding carboxylic acids is 1. The van der Waals surface area contributed by atoms with E-state index in [1.54, 1.807) is 18.2 Å². The molecule has 0 N–H and O–H groups in total. The van der Waals surface area contributed by atoms with Crippen LogP contribution in [0.25, 0.3) is 22.5 Å². The van der Waals surface area contributed by atoms with Crippen LogP contribution in [0, 0.1) is 6.92 Å². The smallest absolute Gasteiger partial charge is 0.338 e. The first-order chi connectivity index (χ1) is 12.2. The van der Waals surface area contributed by atoms with E-state index in [0.29, 0.717) is 22.8 Å². The van der Waals surface area contributed by atoms with Gasteiger partial charge < -0.3 is 13.7 Å². The number of hydrogen-bond acceptors (Lipinski definition) is 5. The van der Waals surface area contributed by atoms with Crippen LogP contribution in [0.3, 0.4) is 0 Å². The van der Waals surface area contributed by atoms with Gasteiger partial charge in [0.1, 0.15) is 17.9 Å². The van der Waals surface area contributed by atoms with Gasteiger partial charge in [0, 0.05) is 11.5 Å². The molecule has 2 aromatic heterocycles. The van der Waals surface area contributed by atoms with Gasteiger partial charge in [-0.2, -0.15) is 0 Å². The predicted molar refractivity (Wildman–Crippen MR) is 92.0 cm³/mol. The van der Waals surface area contributed by atoms with Crippen molar-refractivity contribution in [1.82, 2.24) is 5.16 Å². The molecule has 0 spiro atoms. The van der Waals surface area contributed by atoms with Crippen LogP contribution in [0.1, 0.15) is 21.6 Å². The Morgan fingerprint density at radius 3 is 2.64 bits per heavy atom. The van der Waals surface area contributed by atoms with Gasteiger partial charge in [0.15, 0.2) is 5.76 Å². The highest BCUT2D eigenvalue weighted by molar-refractivity contribution is 5.89. The average Bonchev–Trinajstić information content (AvgIpc) is 3.26. The molecule has 0 radical (unpaired) electrons. The highest BCUT2D eigenvalue weighted by Crippen LogP contribution is 2.28. The molecule has 5 nitrogen and oxygen atoms in total. The van der Waals surface area contributed by atoms with E-state index >= 15 is 0 Å². The fourth-order valence-corrected chi connectivity index (χ4v) is 2.51. The predicted octanol–water partition coefficient (Wildman–Crippen LogP) is 4.75. The van der Waals surface area contributed by atoms with E-state index in [2.05, 4.69) is 5.16 Å². The maximum atomic E-state index is 12.0. The van der Waals surface area contributed by atoms with Crippen LogP contribution in [0.15, 0.2) is 69.6 Å². The van der Waals surface area contributed by atoms with E-state index in [-0.39, 0.29) is 6.61 Å². The Balaban J connectivity index is 1.46. The van der Waals surface area contributed by atoms with Gasteiger partial charge >= 0.3 is 5.97 Å². The summed E-state index contributed by atoms with van der Waals surface area (Å²) < 4.78 is 16.3. The normalized spacial score (nSPS) is 10.9. The van der Waals surface area contributed by atoms with Crippen LogP contribution < -0.4 is 0 Å². The van der Waals surface area contributed by atoms with E-state index in [1.807, 2.05) is 49.4 Å². The topological polar surface area (TPSA) is 65.5 Å². The molecule has 0 aliphatic rings. The van der Waals surface area contributed by atoms with Crippen molar-refractivity contribution in [2.45, 2.75) is 13.5 Å². The van der Waals surface area contributed by atoms with E-state index < -0.39 is 5.97 Å². The summed E-state index contributed by atoms with van der Waals surface area (Å²) in [5.41, 5.74) is 2.90. The summed E-state index contributed by atoms with van der Waals surface area (Å²) in [6, 6.07) is 18.5. The van der Waals surface area contributed by atoms with E-state index in [4.69, 9.17) is 13.7 Å². The molecule has 0 bridgehead atoms. The number of carbonyl (C=O) groups is 1. The number of furan rings is 1. The number of rotatable bonds is 4. The number of aryl methyl sites for hydroxylation is 1. The molecule has 0 aliphatic carbocycles. The van der Waals surface area contributed by atoms with Gasteiger partial charge in [-0.05, 0) is 31.2 Å². The summed E-state index contributed by atoms with van der Waals surface area (Å²) >= 11 is 0. The molecule has 0 saturated carbocycles. The maximum Gasteiger partial charge on any atom is 0.338 e. The van der Waals surface area contributed by atoms with Crippen LogP contribution in [0.4, 0.5) is 0 Å². The third kappa shape index (κ3) is 3.17. The number of nitrogens with zero attached hydrogens (tertiary/aromatic N) is 1. The number of ether oxygens (including phenoxy) is 1. The summed E-state index contributed by atoms with van der Waals surface area (Å²) in [7, 11) is 0. The Bertz CT molecular complexity index is 994. The molecule has 0 unspecified atom stereocenters. The first-order valence-electron chi connectivity index (χ1n) is 7.87. The highest BCUT2D eigenvalue weighted by Gasteiger charge is 2.14. The van der Waals surface area contributed by atoms with Crippen LogP contribution in [0.2, 0.25) is 0 Å². The van der Waals surface area contributed by atoms with Gasteiger partial charge in [0.25, 0.3) is 0 Å².